The maximum absolute atomic E-state index is 13.4. The fourth-order valence-corrected chi connectivity index (χ4v) is 2.93. The van der Waals surface area contributed by atoms with Crippen LogP contribution in [0.25, 0.3) is 10.9 Å². The van der Waals surface area contributed by atoms with Crippen molar-refractivity contribution in [1.82, 2.24) is 19.7 Å². The van der Waals surface area contributed by atoms with E-state index in [1.165, 1.54) is 24.7 Å². The maximum atomic E-state index is 13.4. The molecule has 0 atom stereocenters. The molecule has 9 heteroatoms. The van der Waals surface area contributed by atoms with E-state index in [0.717, 1.165) is 22.2 Å². The summed E-state index contributed by atoms with van der Waals surface area (Å²) in [5, 5.41) is 20.3. The highest BCUT2D eigenvalue weighted by Crippen LogP contribution is 2.24. The molecule has 2 heterocycles. The monoisotopic (exact) mass is 377 g/mol. The zero-order valence-corrected chi connectivity index (χ0v) is 14.6. The van der Waals surface area contributed by atoms with Gasteiger partial charge in [0, 0.05) is 11.1 Å². The lowest BCUT2D eigenvalue weighted by Gasteiger charge is -2.10. The molecule has 0 fully saturated rings. The molecule has 0 saturated carbocycles. The Labute approximate surface area is 159 Å². The largest absolute Gasteiger partial charge is 0.411 e. The van der Waals surface area contributed by atoms with E-state index < -0.39 is 0 Å². The Bertz CT molecular complexity index is 1170. The molecule has 0 aliphatic heterocycles. The van der Waals surface area contributed by atoms with Gasteiger partial charge in [0.25, 0.3) is 0 Å². The molecule has 0 unspecified atom stereocenters. The number of fused-ring (bicyclic) bond motifs is 1. The number of anilines is 3. The highest BCUT2D eigenvalue weighted by atomic mass is 19.1. The third kappa shape index (κ3) is 3.45. The van der Waals surface area contributed by atoms with Gasteiger partial charge < -0.3 is 16.3 Å². The van der Waals surface area contributed by atoms with Crippen molar-refractivity contribution >= 4 is 34.4 Å². The summed E-state index contributed by atoms with van der Waals surface area (Å²) in [6, 6.07) is 12.1. The summed E-state index contributed by atoms with van der Waals surface area (Å²) < 4.78 is 15.2. The Kier molecular flexibility index (Phi) is 4.55. The number of hydrogen-bond donors (Lipinski definition) is 3. The SMILES string of the molecule is Nc1ncnc(Nc2ccc3c(cnn3Cc3cccc(F)c3)c2)c1/C=N/O. The van der Waals surface area contributed by atoms with Crippen LogP contribution in [-0.2, 0) is 6.54 Å². The number of nitrogens with zero attached hydrogens (tertiary/aromatic N) is 5. The summed E-state index contributed by atoms with van der Waals surface area (Å²) in [4.78, 5) is 8.03. The van der Waals surface area contributed by atoms with Gasteiger partial charge in [0.05, 0.1) is 30.0 Å². The molecule has 0 amide bonds. The minimum Gasteiger partial charge on any atom is -0.411 e. The Balaban J connectivity index is 1.62. The van der Waals surface area contributed by atoms with Crippen molar-refractivity contribution in [3.8, 4) is 0 Å². The van der Waals surface area contributed by atoms with Gasteiger partial charge >= 0.3 is 0 Å². The second-order valence-corrected chi connectivity index (χ2v) is 6.10. The number of benzene rings is 2. The standard InChI is InChI=1S/C19H16FN7O/c20-14-3-1-2-12(6-14)10-27-17-5-4-15(7-13(17)8-24-27)26-19-16(9-25-28)18(21)22-11-23-19/h1-9,11,28H,10H2,(H3,21,22,23,26)/b25-9+. The van der Waals surface area contributed by atoms with Crippen molar-refractivity contribution in [2.75, 3.05) is 11.1 Å². The van der Waals surface area contributed by atoms with E-state index in [1.807, 2.05) is 24.3 Å². The van der Waals surface area contributed by atoms with Gasteiger partial charge in [-0.25, -0.2) is 14.4 Å². The van der Waals surface area contributed by atoms with Crippen LogP contribution in [0.1, 0.15) is 11.1 Å². The third-order valence-electron chi connectivity index (χ3n) is 4.23. The predicted molar refractivity (Wildman–Crippen MR) is 104 cm³/mol. The van der Waals surface area contributed by atoms with E-state index in [0.29, 0.717) is 17.9 Å². The van der Waals surface area contributed by atoms with Crippen LogP contribution in [0.15, 0.2) is 60.1 Å². The van der Waals surface area contributed by atoms with E-state index in [4.69, 9.17) is 10.9 Å². The zero-order valence-electron chi connectivity index (χ0n) is 14.6. The number of nitrogens with two attached hydrogens (primary N) is 1. The van der Waals surface area contributed by atoms with Crippen LogP contribution in [0.3, 0.4) is 0 Å². The van der Waals surface area contributed by atoms with Crippen LogP contribution in [0.4, 0.5) is 21.7 Å². The van der Waals surface area contributed by atoms with Crippen molar-refractivity contribution in [2.45, 2.75) is 6.54 Å². The topological polar surface area (TPSA) is 114 Å². The van der Waals surface area contributed by atoms with Gasteiger partial charge in [-0.3, -0.25) is 4.68 Å². The number of oxime groups is 1. The van der Waals surface area contributed by atoms with Crippen LogP contribution in [-0.4, -0.2) is 31.2 Å². The summed E-state index contributed by atoms with van der Waals surface area (Å²) in [5.41, 5.74) is 8.68. The highest BCUT2D eigenvalue weighted by Gasteiger charge is 2.10. The predicted octanol–water partition coefficient (Wildman–Crippen LogP) is 3.15. The Morgan fingerprint density at radius 3 is 2.93 bits per heavy atom. The second kappa shape index (κ2) is 7.31. The highest BCUT2D eigenvalue weighted by molar-refractivity contribution is 5.93. The number of hydrogen-bond acceptors (Lipinski definition) is 7. The van der Waals surface area contributed by atoms with Crippen molar-refractivity contribution in [1.29, 1.82) is 0 Å². The van der Waals surface area contributed by atoms with Gasteiger partial charge in [-0.05, 0) is 35.9 Å². The molecule has 8 nitrogen and oxygen atoms in total. The lowest BCUT2D eigenvalue weighted by atomic mass is 10.2. The first kappa shape index (κ1) is 17.4. The van der Waals surface area contributed by atoms with Gasteiger partial charge in [0.15, 0.2) is 0 Å². The molecule has 0 bridgehead atoms. The quantitative estimate of drug-likeness (QED) is 0.280. The van der Waals surface area contributed by atoms with E-state index in [1.54, 1.807) is 16.9 Å². The van der Waals surface area contributed by atoms with Crippen molar-refractivity contribution < 1.29 is 9.60 Å². The maximum Gasteiger partial charge on any atom is 0.144 e. The van der Waals surface area contributed by atoms with Crippen LogP contribution >= 0.6 is 0 Å². The van der Waals surface area contributed by atoms with Crippen molar-refractivity contribution in [2.24, 2.45) is 5.16 Å². The molecule has 0 radical (unpaired) electrons. The van der Waals surface area contributed by atoms with Crippen LogP contribution in [0, 0.1) is 5.82 Å². The summed E-state index contributed by atoms with van der Waals surface area (Å²) in [5.74, 6) is 0.336. The third-order valence-corrected chi connectivity index (χ3v) is 4.23. The first-order valence-electron chi connectivity index (χ1n) is 8.39. The van der Waals surface area contributed by atoms with Crippen molar-refractivity contribution in [3.63, 3.8) is 0 Å². The van der Waals surface area contributed by atoms with Gasteiger partial charge in [-0.15, -0.1) is 0 Å². The fraction of sp³-hybridized carbons (Fsp3) is 0.0526. The molecule has 0 aliphatic rings. The molecule has 0 spiro atoms. The van der Waals surface area contributed by atoms with Gasteiger partial charge in [-0.1, -0.05) is 17.3 Å². The summed E-state index contributed by atoms with van der Waals surface area (Å²) in [6.45, 7) is 0.466. The summed E-state index contributed by atoms with van der Waals surface area (Å²) in [6.07, 6.45) is 4.24. The molecule has 140 valence electrons. The smallest absolute Gasteiger partial charge is 0.144 e. The van der Waals surface area contributed by atoms with Gasteiger partial charge in [0.2, 0.25) is 0 Å². The summed E-state index contributed by atoms with van der Waals surface area (Å²) >= 11 is 0. The lowest BCUT2D eigenvalue weighted by Crippen LogP contribution is -2.05. The molecule has 4 aromatic rings. The Morgan fingerprint density at radius 2 is 2.11 bits per heavy atom. The number of aromatic nitrogens is 4. The van der Waals surface area contributed by atoms with Gasteiger partial charge in [0.1, 0.15) is 23.8 Å². The molecule has 4 rings (SSSR count). The van der Waals surface area contributed by atoms with Crippen LogP contribution in [0.5, 0.6) is 0 Å². The number of nitrogens with one attached hydrogen (secondary N) is 1. The number of rotatable bonds is 5. The van der Waals surface area contributed by atoms with Gasteiger partial charge in [-0.2, -0.15) is 5.10 Å². The minimum atomic E-state index is -0.271. The lowest BCUT2D eigenvalue weighted by molar-refractivity contribution is 0.322. The normalized spacial score (nSPS) is 11.3. The van der Waals surface area contributed by atoms with E-state index in [-0.39, 0.29) is 11.6 Å². The molecule has 2 aromatic heterocycles. The molecule has 2 aromatic carbocycles. The first-order valence-corrected chi connectivity index (χ1v) is 8.39. The van der Waals surface area contributed by atoms with Crippen LogP contribution in [0.2, 0.25) is 0 Å². The van der Waals surface area contributed by atoms with Crippen LogP contribution < -0.4 is 11.1 Å². The minimum absolute atomic E-state index is 0.194. The van der Waals surface area contributed by atoms with E-state index in [9.17, 15) is 4.39 Å². The molecular formula is C19H16FN7O. The Morgan fingerprint density at radius 1 is 1.21 bits per heavy atom. The average Bonchev–Trinajstić information content (AvgIpc) is 3.07. The second-order valence-electron chi connectivity index (χ2n) is 6.10. The number of halogens is 1. The first-order chi connectivity index (χ1) is 13.6. The van der Waals surface area contributed by atoms with Crippen molar-refractivity contribution in [3.05, 3.63) is 71.9 Å². The molecule has 0 saturated heterocycles. The van der Waals surface area contributed by atoms with E-state index in [2.05, 4.69) is 25.5 Å². The molecule has 28 heavy (non-hydrogen) atoms. The average molecular weight is 377 g/mol. The number of nitrogen functional groups attached to an aromatic ring is 1. The molecule has 4 N–H and O–H groups in total. The summed E-state index contributed by atoms with van der Waals surface area (Å²) in [7, 11) is 0. The molecular weight excluding hydrogens is 361 g/mol. The Hall–Kier alpha value is -4.01. The zero-order chi connectivity index (χ0) is 19.5. The fourth-order valence-electron chi connectivity index (χ4n) is 2.93. The van der Waals surface area contributed by atoms with E-state index >= 15 is 0 Å². The molecule has 0 aliphatic carbocycles.